The maximum atomic E-state index is 6.05. The van der Waals surface area contributed by atoms with Crippen molar-refractivity contribution in [3.05, 3.63) is 54.1 Å². The first kappa shape index (κ1) is 15.1. The lowest BCUT2D eigenvalue weighted by Crippen LogP contribution is -2.63. The van der Waals surface area contributed by atoms with Gasteiger partial charge in [-0.15, -0.1) is 0 Å². The summed E-state index contributed by atoms with van der Waals surface area (Å²) in [5.74, 6) is 0.833. The van der Waals surface area contributed by atoms with Crippen molar-refractivity contribution in [2.45, 2.75) is 18.6 Å². The Balaban J connectivity index is 1.63. The van der Waals surface area contributed by atoms with Crippen LogP contribution >= 0.6 is 0 Å². The van der Waals surface area contributed by atoms with E-state index < -0.39 is 0 Å². The van der Waals surface area contributed by atoms with Crippen LogP contribution in [0.3, 0.4) is 0 Å². The first-order valence-corrected chi connectivity index (χ1v) is 8.19. The smallest absolute Gasteiger partial charge is 0.160 e. The van der Waals surface area contributed by atoms with Crippen LogP contribution in [0, 0.1) is 0 Å². The van der Waals surface area contributed by atoms with Gasteiger partial charge in [-0.3, -0.25) is 10.4 Å². The molecule has 0 saturated carbocycles. The molecule has 1 aliphatic heterocycles. The molecule has 124 valence electrons. The highest BCUT2D eigenvalue weighted by molar-refractivity contribution is 5.91. The van der Waals surface area contributed by atoms with Crippen molar-refractivity contribution in [1.29, 1.82) is 0 Å². The number of aromatic nitrogens is 2. The molecule has 4 rings (SSSR count). The average molecular weight is 322 g/mol. The minimum absolute atomic E-state index is 0.0457. The Hall–Kier alpha value is -2.41. The molecule has 3 aromatic rings. The Bertz CT molecular complexity index is 857. The van der Waals surface area contributed by atoms with Gasteiger partial charge in [-0.1, -0.05) is 24.3 Å². The van der Waals surface area contributed by atoms with E-state index in [1.165, 1.54) is 5.56 Å². The summed E-state index contributed by atoms with van der Waals surface area (Å²) < 4.78 is 0. The number of nitrogens with zero attached hydrogens (tertiary/aromatic N) is 1. The van der Waals surface area contributed by atoms with E-state index in [1.807, 2.05) is 24.3 Å². The van der Waals surface area contributed by atoms with Crippen LogP contribution in [0.1, 0.15) is 12.5 Å². The predicted molar refractivity (Wildman–Crippen MR) is 97.2 cm³/mol. The molecule has 0 amide bonds. The van der Waals surface area contributed by atoms with Crippen molar-refractivity contribution in [1.82, 2.24) is 20.8 Å². The first-order valence-electron chi connectivity index (χ1n) is 8.19. The number of hydrogen-bond donors (Lipinski definition) is 5. The minimum atomic E-state index is -0.191. The number of nitrogens with two attached hydrogens (primary N) is 1. The topological polar surface area (TPSA) is 90.8 Å². The lowest BCUT2D eigenvalue weighted by molar-refractivity contribution is 0.248. The lowest BCUT2D eigenvalue weighted by Gasteiger charge is -2.39. The molecule has 0 aliphatic carbocycles. The van der Waals surface area contributed by atoms with Gasteiger partial charge in [-0.2, -0.15) is 5.10 Å². The second-order valence-electron chi connectivity index (χ2n) is 6.54. The summed E-state index contributed by atoms with van der Waals surface area (Å²) >= 11 is 0. The zero-order chi connectivity index (χ0) is 16.6. The van der Waals surface area contributed by atoms with E-state index in [4.69, 9.17) is 5.73 Å². The van der Waals surface area contributed by atoms with Crippen molar-refractivity contribution in [2.24, 2.45) is 5.73 Å². The first-order chi connectivity index (χ1) is 11.6. The summed E-state index contributed by atoms with van der Waals surface area (Å²) in [4.78, 5) is 0. The maximum absolute atomic E-state index is 6.05. The van der Waals surface area contributed by atoms with Crippen LogP contribution in [0.4, 0.5) is 11.5 Å². The third-order valence-corrected chi connectivity index (χ3v) is 4.58. The second-order valence-corrected chi connectivity index (χ2v) is 6.54. The van der Waals surface area contributed by atoms with Crippen molar-refractivity contribution in [3.63, 3.8) is 0 Å². The largest absolute Gasteiger partial charge is 0.338 e. The van der Waals surface area contributed by atoms with Crippen LogP contribution < -0.4 is 21.7 Å². The molecule has 1 unspecified atom stereocenters. The molecule has 2 atom stereocenters. The Morgan fingerprint density at radius 1 is 1.21 bits per heavy atom. The molecule has 0 radical (unpaired) electrons. The van der Waals surface area contributed by atoms with E-state index in [0.29, 0.717) is 0 Å². The summed E-state index contributed by atoms with van der Waals surface area (Å²) in [7, 11) is 0. The quantitative estimate of drug-likeness (QED) is 0.509. The normalized spacial score (nSPS) is 24.2. The molecular weight excluding hydrogens is 300 g/mol. The molecule has 6 nitrogen and oxygen atoms in total. The Morgan fingerprint density at radius 2 is 2.08 bits per heavy atom. The molecule has 6 N–H and O–H groups in total. The van der Waals surface area contributed by atoms with Crippen LogP contribution in [0.15, 0.2) is 48.5 Å². The Morgan fingerprint density at radius 3 is 2.96 bits per heavy atom. The van der Waals surface area contributed by atoms with Crippen LogP contribution in [0.25, 0.3) is 10.9 Å². The van der Waals surface area contributed by atoms with Crippen LogP contribution in [0.2, 0.25) is 0 Å². The highest BCUT2D eigenvalue weighted by atomic mass is 15.2. The fourth-order valence-corrected chi connectivity index (χ4v) is 3.31. The zero-order valence-electron chi connectivity index (χ0n) is 13.6. The number of anilines is 2. The van der Waals surface area contributed by atoms with E-state index in [1.54, 1.807) is 0 Å². The summed E-state index contributed by atoms with van der Waals surface area (Å²) in [6.45, 7) is 3.80. The number of rotatable bonds is 3. The molecule has 0 spiro atoms. The average Bonchev–Trinajstić information content (AvgIpc) is 2.98. The van der Waals surface area contributed by atoms with Crippen molar-refractivity contribution in [3.8, 4) is 0 Å². The van der Waals surface area contributed by atoms with E-state index >= 15 is 0 Å². The molecular formula is C18H22N6. The van der Waals surface area contributed by atoms with E-state index in [2.05, 4.69) is 57.3 Å². The van der Waals surface area contributed by atoms with Gasteiger partial charge >= 0.3 is 0 Å². The van der Waals surface area contributed by atoms with Gasteiger partial charge in [-0.25, -0.2) is 0 Å². The van der Waals surface area contributed by atoms with Crippen LogP contribution in [-0.4, -0.2) is 29.5 Å². The van der Waals surface area contributed by atoms with Gasteiger partial charge in [0.05, 0.1) is 17.2 Å². The molecule has 2 heterocycles. The molecule has 1 fully saturated rings. The summed E-state index contributed by atoms with van der Waals surface area (Å²) in [6, 6.07) is 16.5. The van der Waals surface area contributed by atoms with Gasteiger partial charge in [0.2, 0.25) is 0 Å². The number of benzene rings is 2. The number of aromatic amines is 1. The standard InChI is InChI=1S/C18H22N6/c1-18(11-20-10-16(19)22-18)12-5-4-6-13(9-12)21-17-14-7-2-3-8-15(14)23-24-17/h2-9,16,20,22H,10-11,19H2,1H3,(H2,21,23,24)/t16-,18?/m1/s1. The molecule has 1 aromatic heterocycles. The number of piperazine rings is 1. The summed E-state index contributed by atoms with van der Waals surface area (Å²) in [5, 5.41) is 18.8. The Kier molecular flexibility index (Phi) is 3.72. The third-order valence-electron chi connectivity index (χ3n) is 4.58. The van der Waals surface area contributed by atoms with Gasteiger partial charge in [-0.05, 0) is 36.8 Å². The van der Waals surface area contributed by atoms with Gasteiger partial charge in [0.1, 0.15) is 0 Å². The van der Waals surface area contributed by atoms with E-state index in [-0.39, 0.29) is 11.7 Å². The van der Waals surface area contributed by atoms with Gasteiger partial charge < -0.3 is 16.4 Å². The number of fused-ring (bicyclic) bond motifs is 1. The molecule has 24 heavy (non-hydrogen) atoms. The van der Waals surface area contributed by atoms with Crippen molar-refractivity contribution >= 4 is 22.4 Å². The van der Waals surface area contributed by atoms with Gasteiger partial charge in [0, 0.05) is 24.2 Å². The highest BCUT2D eigenvalue weighted by Crippen LogP contribution is 2.28. The van der Waals surface area contributed by atoms with E-state index in [9.17, 15) is 0 Å². The van der Waals surface area contributed by atoms with Gasteiger partial charge in [0.15, 0.2) is 5.82 Å². The van der Waals surface area contributed by atoms with Crippen LogP contribution in [-0.2, 0) is 5.54 Å². The number of H-pyrrole nitrogens is 1. The van der Waals surface area contributed by atoms with Gasteiger partial charge in [0.25, 0.3) is 0 Å². The van der Waals surface area contributed by atoms with Crippen LogP contribution in [0.5, 0.6) is 0 Å². The molecule has 0 bridgehead atoms. The molecule has 1 saturated heterocycles. The maximum Gasteiger partial charge on any atom is 0.160 e. The number of para-hydroxylation sites is 1. The summed E-state index contributed by atoms with van der Waals surface area (Å²) in [5.41, 5.74) is 9.08. The van der Waals surface area contributed by atoms with Crippen molar-refractivity contribution < 1.29 is 0 Å². The highest BCUT2D eigenvalue weighted by Gasteiger charge is 2.31. The zero-order valence-corrected chi connectivity index (χ0v) is 13.6. The lowest BCUT2D eigenvalue weighted by atomic mass is 9.89. The fourth-order valence-electron chi connectivity index (χ4n) is 3.31. The molecule has 1 aliphatic rings. The third kappa shape index (κ3) is 2.75. The Labute approximate surface area is 140 Å². The number of hydrogen-bond acceptors (Lipinski definition) is 5. The molecule has 6 heteroatoms. The summed E-state index contributed by atoms with van der Waals surface area (Å²) in [6.07, 6.45) is -0.0457. The monoisotopic (exact) mass is 322 g/mol. The van der Waals surface area contributed by atoms with E-state index in [0.717, 1.165) is 35.5 Å². The minimum Gasteiger partial charge on any atom is -0.338 e. The predicted octanol–water partition coefficient (Wildman–Crippen LogP) is 2.00. The fraction of sp³-hybridized carbons (Fsp3) is 0.278. The second kappa shape index (κ2) is 5.90. The number of nitrogens with one attached hydrogen (secondary N) is 4. The van der Waals surface area contributed by atoms with Crippen molar-refractivity contribution in [2.75, 3.05) is 18.4 Å². The SMILES string of the molecule is CC1(c2cccc(Nc3n[nH]c4ccccc34)c2)CNC[C@H](N)N1. The molecule has 2 aromatic carbocycles.